The number of carbonyl (C=O) groups is 1. The quantitative estimate of drug-likeness (QED) is 0.565. The van der Waals surface area contributed by atoms with Crippen LogP contribution in [0.1, 0.15) is 27.3 Å². The minimum atomic E-state index is 0.0707. The topological polar surface area (TPSA) is 43.7 Å². The van der Waals surface area contributed by atoms with E-state index in [4.69, 9.17) is 9.47 Å². The fraction of sp³-hybridized carbons (Fsp3) is 0.409. The van der Waals surface area contributed by atoms with Crippen LogP contribution in [0.4, 0.5) is 0 Å². The standard InChI is InChI=1S/C22H26N2O3S/c1-16-14-18-15-20(21(25)17-4-6-19(26-2)7-5-17)28-22(18)24(16)9-3-8-23-10-12-27-13-11-23/h4-7,14-15H,3,8-13H2,1-2H3. The van der Waals surface area contributed by atoms with Crippen molar-refractivity contribution in [3.63, 3.8) is 0 Å². The highest BCUT2D eigenvalue weighted by molar-refractivity contribution is 7.20. The highest BCUT2D eigenvalue weighted by atomic mass is 32.1. The van der Waals surface area contributed by atoms with E-state index in [2.05, 4.69) is 22.5 Å². The summed E-state index contributed by atoms with van der Waals surface area (Å²) in [6, 6.07) is 11.5. The van der Waals surface area contributed by atoms with Crippen molar-refractivity contribution in [1.82, 2.24) is 9.47 Å². The molecule has 3 heterocycles. The molecule has 4 rings (SSSR count). The molecule has 0 radical (unpaired) electrons. The van der Waals surface area contributed by atoms with Crippen LogP contribution in [0, 0.1) is 6.92 Å². The zero-order chi connectivity index (χ0) is 19.5. The first-order valence-corrected chi connectivity index (χ1v) is 10.6. The van der Waals surface area contributed by atoms with E-state index in [-0.39, 0.29) is 5.78 Å². The van der Waals surface area contributed by atoms with Gasteiger partial charge in [0.1, 0.15) is 10.6 Å². The van der Waals surface area contributed by atoms with Crippen LogP contribution < -0.4 is 4.74 Å². The number of nitrogens with zero attached hydrogens (tertiary/aromatic N) is 2. The number of fused-ring (bicyclic) bond motifs is 1. The van der Waals surface area contributed by atoms with Crippen LogP contribution in [0.5, 0.6) is 5.75 Å². The zero-order valence-corrected chi connectivity index (χ0v) is 17.3. The van der Waals surface area contributed by atoms with Crippen LogP contribution in [0.25, 0.3) is 10.2 Å². The first kappa shape index (κ1) is 19.2. The maximum Gasteiger partial charge on any atom is 0.203 e. The van der Waals surface area contributed by atoms with Gasteiger partial charge in [0.25, 0.3) is 0 Å². The lowest BCUT2D eigenvalue weighted by Gasteiger charge is -2.26. The molecule has 0 N–H and O–H groups in total. The molecular weight excluding hydrogens is 372 g/mol. The van der Waals surface area contributed by atoms with Gasteiger partial charge in [0.15, 0.2) is 0 Å². The summed E-state index contributed by atoms with van der Waals surface area (Å²) in [5, 5.41) is 1.16. The lowest BCUT2D eigenvalue weighted by Crippen LogP contribution is -2.37. The Hall–Kier alpha value is -2.15. The number of methoxy groups -OCH3 is 1. The molecule has 0 aliphatic carbocycles. The van der Waals surface area contributed by atoms with Crippen LogP contribution in [0.3, 0.4) is 0 Å². The van der Waals surface area contributed by atoms with Crippen molar-refractivity contribution in [3.05, 3.63) is 52.5 Å². The number of morpholine rings is 1. The highest BCUT2D eigenvalue weighted by Crippen LogP contribution is 2.31. The van der Waals surface area contributed by atoms with E-state index in [1.165, 1.54) is 10.5 Å². The number of ether oxygens (including phenoxy) is 2. The molecule has 5 nitrogen and oxygen atoms in total. The maximum atomic E-state index is 12.9. The van der Waals surface area contributed by atoms with E-state index in [0.29, 0.717) is 5.56 Å². The second-order valence-corrected chi connectivity index (χ2v) is 8.20. The number of carbonyl (C=O) groups excluding carboxylic acids is 1. The number of thiophene rings is 1. The molecule has 0 unspecified atom stereocenters. The summed E-state index contributed by atoms with van der Waals surface area (Å²) in [6.07, 6.45) is 1.10. The summed E-state index contributed by atoms with van der Waals surface area (Å²) in [7, 11) is 1.63. The van der Waals surface area contributed by atoms with Gasteiger partial charge in [-0.05, 0) is 49.7 Å². The lowest BCUT2D eigenvalue weighted by molar-refractivity contribution is 0.0369. The molecule has 148 valence electrons. The molecule has 6 heteroatoms. The van der Waals surface area contributed by atoms with Gasteiger partial charge in [-0.1, -0.05) is 0 Å². The smallest absolute Gasteiger partial charge is 0.203 e. The molecule has 0 spiro atoms. The third kappa shape index (κ3) is 3.99. The van der Waals surface area contributed by atoms with Gasteiger partial charge in [-0.2, -0.15) is 0 Å². The zero-order valence-electron chi connectivity index (χ0n) is 16.4. The van der Waals surface area contributed by atoms with E-state index < -0.39 is 0 Å². The Kier molecular flexibility index (Phi) is 5.80. The van der Waals surface area contributed by atoms with Crippen molar-refractivity contribution in [3.8, 4) is 5.75 Å². The Morgan fingerprint density at radius 3 is 2.61 bits per heavy atom. The third-order valence-corrected chi connectivity index (χ3v) is 6.48. The number of aromatic nitrogens is 1. The molecule has 0 saturated carbocycles. The average molecular weight is 399 g/mol. The predicted molar refractivity (Wildman–Crippen MR) is 113 cm³/mol. The molecule has 1 fully saturated rings. The summed E-state index contributed by atoms with van der Waals surface area (Å²) in [4.78, 5) is 17.3. The van der Waals surface area contributed by atoms with Crippen LogP contribution >= 0.6 is 11.3 Å². The molecule has 1 aliphatic heterocycles. The van der Waals surface area contributed by atoms with Crippen molar-refractivity contribution in [2.75, 3.05) is 40.0 Å². The lowest BCUT2D eigenvalue weighted by atomic mass is 10.1. The Balaban J connectivity index is 1.48. The van der Waals surface area contributed by atoms with Crippen LogP contribution in [0.15, 0.2) is 36.4 Å². The minimum absolute atomic E-state index is 0.0707. The van der Waals surface area contributed by atoms with Gasteiger partial charge in [-0.25, -0.2) is 0 Å². The second-order valence-electron chi connectivity index (χ2n) is 7.17. The van der Waals surface area contributed by atoms with Gasteiger partial charge < -0.3 is 14.0 Å². The SMILES string of the molecule is COc1ccc(C(=O)c2cc3cc(C)n(CCCN4CCOCC4)c3s2)cc1. The summed E-state index contributed by atoms with van der Waals surface area (Å²) in [6.45, 7) is 7.95. The molecule has 1 saturated heterocycles. The largest absolute Gasteiger partial charge is 0.497 e. The molecule has 1 aromatic carbocycles. The second kappa shape index (κ2) is 8.47. The monoisotopic (exact) mass is 398 g/mol. The van der Waals surface area contributed by atoms with Crippen LogP contribution in [-0.2, 0) is 11.3 Å². The highest BCUT2D eigenvalue weighted by Gasteiger charge is 2.17. The van der Waals surface area contributed by atoms with Gasteiger partial charge in [0.2, 0.25) is 5.78 Å². The Labute approximate surface area is 169 Å². The Bertz CT molecular complexity index is 952. The fourth-order valence-electron chi connectivity index (χ4n) is 3.72. The molecular formula is C22H26N2O3S. The molecule has 0 bridgehead atoms. The van der Waals surface area contributed by atoms with E-state index in [9.17, 15) is 4.79 Å². The fourth-order valence-corrected chi connectivity index (χ4v) is 4.91. The van der Waals surface area contributed by atoms with Crippen molar-refractivity contribution in [1.29, 1.82) is 0 Å². The van der Waals surface area contributed by atoms with Gasteiger partial charge in [0, 0.05) is 42.8 Å². The first-order chi connectivity index (χ1) is 13.7. The van der Waals surface area contributed by atoms with E-state index in [1.807, 2.05) is 30.3 Å². The van der Waals surface area contributed by atoms with E-state index >= 15 is 0 Å². The summed E-state index contributed by atoms with van der Waals surface area (Å²) < 4.78 is 12.9. The summed E-state index contributed by atoms with van der Waals surface area (Å²) in [5.41, 5.74) is 1.95. The minimum Gasteiger partial charge on any atom is -0.497 e. The number of hydrogen-bond donors (Lipinski definition) is 0. The van der Waals surface area contributed by atoms with E-state index in [1.54, 1.807) is 18.4 Å². The van der Waals surface area contributed by atoms with Crippen LogP contribution in [0.2, 0.25) is 0 Å². The summed E-state index contributed by atoms with van der Waals surface area (Å²) in [5.74, 6) is 0.830. The Morgan fingerprint density at radius 1 is 1.14 bits per heavy atom. The number of benzene rings is 1. The number of rotatable bonds is 7. The van der Waals surface area contributed by atoms with Crippen molar-refractivity contribution in [2.45, 2.75) is 19.9 Å². The first-order valence-electron chi connectivity index (χ1n) is 9.74. The molecule has 28 heavy (non-hydrogen) atoms. The normalized spacial score (nSPS) is 15.2. The maximum absolute atomic E-state index is 12.9. The van der Waals surface area contributed by atoms with Crippen molar-refractivity contribution in [2.24, 2.45) is 0 Å². The van der Waals surface area contributed by atoms with Crippen molar-refractivity contribution < 1.29 is 14.3 Å². The van der Waals surface area contributed by atoms with Gasteiger partial charge >= 0.3 is 0 Å². The van der Waals surface area contributed by atoms with E-state index in [0.717, 1.165) is 61.8 Å². The molecule has 3 aromatic rings. The van der Waals surface area contributed by atoms with Crippen LogP contribution in [-0.4, -0.2) is 55.2 Å². The van der Waals surface area contributed by atoms with Gasteiger partial charge in [0.05, 0.1) is 25.2 Å². The molecule has 1 aliphatic rings. The van der Waals surface area contributed by atoms with Gasteiger partial charge in [-0.15, -0.1) is 11.3 Å². The third-order valence-electron chi connectivity index (χ3n) is 5.31. The van der Waals surface area contributed by atoms with Gasteiger partial charge in [-0.3, -0.25) is 9.69 Å². The molecule has 0 atom stereocenters. The molecule has 2 aromatic heterocycles. The van der Waals surface area contributed by atoms with Crippen molar-refractivity contribution >= 4 is 27.3 Å². The summed E-state index contributed by atoms with van der Waals surface area (Å²) >= 11 is 1.59. The number of aryl methyl sites for hydroxylation is 2. The molecule has 0 amide bonds. The number of hydrogen-bond acceptors (Lipinski definition) is 5. The predicted octanol–water partition coefficient (Wildman–Crippen LogP) is 3.97. The number of ketones is 1. The Morgan fingerprint density at radius 2 is 1.89 bits per heavy atom. The average Bonchev–Trinajstić information content (AvgIpc) is 3.26.